The first-order valence-electron chi connectivity index (χ1n) is 14.2. The summed E-state index contributed by atoms with van der Waals surface area (Å²) in [6, 6.07) is 10.4. The van der Waals surface area contributed by atoms with E-state index in [4.69, 9.17) is 37.7 Å². The van der Waals surface area contributed by atoms with Crippen LogP contribution >= 0.6 is 48.0 Å². The second-order valence-corrected chi connectivity index (χ2v) is 11.9. The fraction of sp³-hybridized carbons (Fsp3) is 0.467. The molecule has 1 aromatic carbocycles. The van der Waals surface area contributed by atoms with Crippen molar-refractivity contribution < 1.29 is 14.3 Å². The van der Waals surface area contributed by atoms with Crippen molar-refractivity contribution >= 4 is 59.9 Å². The van der Waals surface area contributed by atoms with Gasteiger partial charge in [0.05, 0.1) is 25.2 Å². The molecule has 5 heterocycles. The summed E-state index contributed by atoms with van der Waals surface area (Å²) >= 11 is 12.6. The molecule has 1 N–H and O–H groups in total. The molecule has 0 radical (unpaired) electrons. The summed E-state index contributed by atoms with van der Waals surface area (Å²) < 4.78 is 11.1. The minimum absolute atomic E-state index is 0. The lowest BCUT2D eigenvalue weighted by Gasteiger charge is -2.31. The highest BCUT2D eigenvalue weighted by molar-refractivity contribution is 6.35. The van der Waals surface area contributed by atoms with Crippen LogP contribution in [0.3, 0.4) is 0 Å². The molecular weight excluding hydrogens is 634 g/mol. The molecule has 2 unspecified atom stereocenters. The van der Waals surface area contributed by atoms with Gasteiger partial charge in [0, 0.05) is 53.3 Å². The molecule has 0 amide bonds. The van der Waals surface area contributed by atoms with E-state index in [0.717, 1.165) is 81.2 Å². The van der Waals surface area contributed by atoms with E-state index < -0.39 is 0 Å². The SMILES string of the molecule is COC(=O)CC1CCN(Cc2cc(Oc3cnc(N4CCC5NCCC54)nc3)nc(-c3cc(Cl)cc(Cl)c3)c2)CC1.Cl.Cl. The van der Waals surface area contributed by atoms with Gasteiger partial charge in [0.25, 0.3) is 0 Å². The zero-order chi connectivity index (χ0) is 28.3. The predicted octanol–water partition coefficient (Wildman–Crippen LogP) is 6.20. The molecule has 13 heteroatoms. The third-order valence-electron chi connectivity index (χ3n) is 8.30. The average molecular weight is 670 g/mol. The maximum absolute atomic E-state index is 11.7. The Labute approximate surface area is 274 Å². The van der Waals surface area contributed by atoms with E-state index in [9.17, 15) is 4.79 Å². The van der Waals surface area contributed by atoms with Gasteiger partial charge in [-0.05, 0) is 81.1 Å². The van der Waals surface area contributed by atoms with Crippen LogP contribution < -0.4 is 15.0 Å². The lowest BCUT2D eigenvalue weighted by atomic mass is 9.93. The topological polar surface area (TPSA) is 92.7 Å². The Kier molecular flexibility index (Phi) is 11.7. The largest absolute Gasteiger partial charge is 0.469 e. The molecule has 0 saturated carbocycles. The zero-order valence-corrected chi connectivity index (χ0v) is 27.0. The van der Waals surface area contributed by atoms with E-state index in [2.05, 4.69) is 31.2 Å². The van der Waals surface area contributed by atoms with Crippen molar-refractivity contribution in [2.75, 3.05) is 38.2 Å². The van der Waals surface area contributed by atoms with Crippen LogP contribution in [0.5, 0.6) is 11.6 Å². The number of fused-ring (bicyclic) bond motifs is 1. The fourth-order valence-electron chi connectivity index (χ4n) is 6.22. The smallest absolute Gasteiger partial charge is 0.305 e. The molecule has 232 valence electrons. The number of hydrogen-bond donors (Lipinski definition) is 1. The number of ether oxygens (including phenoxy) is 2. The lowest BCUT2D eigenvalue weighted by molar-refractivity contribution is -0.142. The number of likely N-dealkylation sites (tertiary alicyclic amines) is 1. The summed E-state index contributed by atoms with van der Waals surface area (Å²) in [7, 11) is 1.45. The predicted molar refractivity (Wildman–Crippen MR) is 173 cm³/mol. The molecule has 3 aliphatic heterocycles. The average Bonchev–Trinajstić information content (AvgIpc) is 3.59. The monoisotopic (exact) mass is 668 g/mol. The van der Waals surface area contributed by atoms with E-state index in [1.54, 1.807) is 18.5 Å². The minimum atomic E-state index is -0.138. The second kappa shape index (κ2) is 15.1. The van der Waals surface area contributed by atoms with Crippen molar-refractivity contribution in [1.82, 2.24) is 25.2 Å². The number of hydrogen-bond acceptors (Lipinski definition) is 9. The Morgan fingerprint density at radius 2 is 1.70 bits per heavy atom. The van der Waals surface area contributed by atoms with Crippen molar-refractivity contribution in [3.05, 3.63) is 58.3 Å². The molecule has 9 nitrogen and oxygen atoms in total. The molecule has 2 atom stereocenters. The van der Waals surface area contributed by atoms with Crippen LogP contribution in [0.15, 0.2) is 42.7 Å². The van der Waals surface area contributed by atoms with Gasteiger partial charge >= 0.3 is 5.97 Å². The van der Waals surface area contributed by atoms with E-state index in [0.29, 0.717) is 46.1 Å². The molecule has 3 aromatic rings. The van der Waals surface area contributed by atoms with E-state index in [1.165, 1.54) is 7.11 Å². The number of rotatable bonds is 8. The molecular formula is C30H36Cl4N6O3. The number of carbonyl (C=O) groups excluding carboxylic acids is 1. The van der Waals surface area contributed by atoms with Gasteiger partial charge in [0.2, 0.25) is 11.8 Å². The number of aromatic nitrogens is 3. The zero-order valence-electron chi connectivity index (χ0n) is 23.9. The maximum Gasteiger partial charge on any atom is 0.305 e. The van der Waals surface area contributed by atoms with Crippen molar-refractivity contribution in [2.24, 2.45) is 5.92 Å². The highest BCUT2D eigenvalue weighted by atomic mass is 35.5. The summed E-state index contributed by atoms with van der Waals surface area (Å²) in [5.41, 5.74) is 2.59. The van der Waals surface area contributed by atoms with E-state index in [-0.39, 0.29) is 30.8 Å². The summed E-state index contributed by atoms with van der Waals surface area (Å²) in [4.78, 5) is 30.4. The van der Waals surface area contributed by atoms with Gasteiger partial charge in [0.1, 0.15) is 0 Å². The normalized spacial score (nSPS) is 20.2. The van der Waals surface area contributed by atoms with Crippen molar-refractivity contribution in [1.29, 1.82) is 0 Å². The second-order valence-electron chi connectivity index (χ2n) is 11.1. The maximum atomic E-state index is 11.7. The highest BCUT2D eigenvalue weighted by Gasteiger charge is 2.38. The molecule has 0 aliphatic carbocycles. The number of benzene rings is 1. The molecule has 0 spiro atoms. The first kappa shape index (κ1) is 33.5. The van der Waals surface area contributed by atoms with Crippen LogP contribution in [-0.4, -0.2) is 71.2 Å². The first-order valence-corrected chi connectivity index (χ1v) is 15.0. The molecule has 43 heavy (non-hydrogen) atoms. The Morgan fingerprint density at radius 1 is 0.977 bits per heavy atom. The number of nitrogens with zero attached hydrogens (tertiary/aromatic N) is 5. The van der Waals surface area contributed by atoms with Gasteiger partial charge in [0.15, 0.2) is 5.75 Å². The van der Waals surface area contributed by atoms with Gasteiger partial charge < -0.3 is 19.7 Å². The van der Waals surface area contributed by atoms with Gasteiger partial charge in [-0.15, -0.1) is 24.8 Å². The number of carbonyl (C=O) groups is 1. The summed E-state index contributed by atoms with van der Waals surface area (Å²) in [5, 5.41) is 4.65. The van der Waals surface area contributed by atoms with Gasteiger partial charge in [-0.2, -0.15) is 0 Å². The van der Waals surface area contributed by atoms with Gasteiger partial charge in [-0.25, -0.2) is 15.0 Å². The lowest BCUT2D eigenvalue weighted by Crippen LogP contribution is -2.35. The van der Waals surface area contributed by atoms with Crippen molar-refractivity contribution in [3.63, 3.8) is 0 Å². The summed E-state index contributed by atoms with van der Waals surface area (Å²) in [5.74, 6) is 1.93. The molecule has 3 saturated heterocycles. The third kappa shape index (κ3) is 8.21. The standard InChI is InChI=1S/C30H34Cl2N6O3.2ClH/c1-40-29(39)12-19-3-7-37(8-4-19)18-20-10-26(21-13-22(31)15-23(32)14-21)36-28(11-20)41-24-16-34-30(35-17-24)38-9-5-25-27(38)2-6-33-25;;/h10-11,13-17,19,25,27,33H,2-9,12,18H2,1H3;2*1H. The third-order valence-corrected chi connectivity index (χ3v) is 8.74. The van der Waals surface area contributed by atoms with Crippen molar-refractivity contribution in [2.45, 2.75) is 50.7 Å². The Hall–Kier alpha value is -2.40. The van der Waals surface area contributed by atoms with Crippen LogP contribution in [-0.2, 0) is 16.1 Å². The van der Waals surface area contributed by atoms with Crippen LogP contribution in [0, 0.1) is 5.92 Å². The van der Waals surface area contributed by atoms with E-state index >= 15 is 0 Å². The quantitative estimate of drug-likeness (QED) is 0.282. The molecule has 2 aromatic heterocycles. The van der Waals surface area contributed by atoms with Gasteiger partial charge in [-0.3, -0.25) is 9.69 Å². The number of pyridine rings is 1. The summed E-state index contributed by atoms with van der Waals surface area (Å²) in [6.07, 6.45) is 8.05. The Balaban J connectivity index is 0.00000212. The number of nitrogens with one attached hydrogen (secondary N) is 1. The molecule has 3 aliphatic rings. The van der Waals surface area contributed by atoms with Crippen LogP contribution in [0.25, 0.3) is 11.3 Å². The van der Waals surface area contributed by atoms with Crippen molar-refractivity contribution in [3.8, 4) is 22.9 Å². The number of esters is 1. The molecule has 3 fully saturated rings. The van der Waals surface area contributed by atoms with Crippen LogP contribution in [0.4, 0.5) is 5.95 Å². The molecule has 6 rings (SSSR count). The molecule has 0 bridgehead atoms. The van der Waals surface area contributed by atoms with Crippen LogP contribution in [0.1, 0.15) is 37.7 Å². The Bertz CT molecular complexity index is 1370. The first-order chi connectivity index (χ1) is 19.9. The Morgan fingerprint density at radius 3 is 2.40 bits per heavy atom. The number of methoxy groups -OCH3 is 1. The number of halogens is 4. The summed E-state index contributed by atoms with van der Waals surface area (Å²) in [6.45, 7) is 4.54. The number of piperidine rings is 1. The van der Waals surface area contributed by atoms with E-state index in [1.807, 2.05) is 18.2 Å². The number of anilines is 1. The fourth-order valence-corrected chi connectivity index (χ4v) is 6.75. The highest BCUT2D eigenvalue weighted by Crippen LogP contribution is 2.32. The van der Waals surface area contributed by atoms with Gasteiger partial charge in [-0.1, -0.05) is 23.2 Å². The minimum Gasteiger partial charge on any atom is -0.469 e. The van der Waals surface area contributed by atoms with Crippen LogP contribution in [0.2, 0.25) is 10.0 Å².